The molecule has 3 heterocycles. The molecule has 1 aromatic rings. The number of H-pyrrole nitrogens is 1. The normalized spacial score (nSPS) is 27.6. The van der Waals surface area contributed by atoms with Gasteiger partial charge in [0.2, 0.25) is 0 Å². The molecule has 0 amide bonds. The third-order valence-corrected chi connectivity index (χ3v) is 4.36. The molecular weight excluding hydrogens is 258 g/mol. The van der Waals surface area contributed by atoms with E-state index >= 15 is 0 Å². The van der Waals surface area contributed by atoms with Gasteiger partial charge in [0, 0.05) is 39.1 Å². The molecule has 1 aromatic heterocycles. The van der Waals surface area contributed by atoms with Crippen LogP contribution >= 0.6 is 0 Å². The number of nitrogens with one attached hydrogen (secondary N) is 1. The second-order valence-corrected chi connectivity index (χ2v) is 5.86. The number of aliphatic hydroxyl groups is 1. The Hall–Kier alpha value is -0.950. The minimum Gasteiger partial charge on any atom is -0.388 e. The molecule has 20 heavy (non-hydrogen) atoms. The van der Waals surface area contributed by atoms with E-state index in [1.165, 1.54) is 0 Å². The Morgan fingerprint density at radius 1 is 1.40 bits per heavy atom. The fraction of sp³-hybridized carbons (Fsp3) is 0.786. The van der Waals surface area contributed by atoms with E-state index in [4.69, 9.17) is 9.47 Å². The lowest BCUT2D eigenvalue weighted by Gasteiger charge is -2.42. The summed E-state index contributed by atoms with van der Waals surface area (Å²) in [7, 11) is 0. The van der Waals surface area contributed by atoms with E-state index in [2.05, 4.69) is 22.0 Å². The molecule has 2 N–H and O–H groups in total. The van der Waals surface area contributed by atoms with E-state index in [0.29, 0.717) is 39.2 Å². The summed E-state index contributed by atoms with van der Waals surface area (Å²) in [6.45, 7) is 6.22. The zero-order chi connectivity index (χ0) is 14.0. The number of hydrogen-bond acceptors (Lipinski definition) is 5. The molecule has 6 nitrogen and oxygen atoms in total. The van der Waals surface area contributed by atoms with Crippen molar-refractivity contribution in [3.8, 4) is 0 Å². The molecule has 3 rings (SSSR count). The quantitative estimate of drug-likeness (QED) is 0.850. The molecule has 2 aliphatic heterocycles. The average molecular weight is 281 g/mol. The minimum atomic E-state index is -0.637. The van der Waals surface area contributed by atoms with Crippen LogP contribution in [0, 0.1) is 6.92 Å². The summed E-state index contributed by atoms with van der Waals surface area (Å²) < 4.78 is 11.0. The summed E-state index contributed by atoms with van der Waals surface area (Å²) in [4.78, 5) is 2.31. The highest BCUT2D eigenvalue weighted by molar-refractivity contribution is 5.19. The van der Waals surface area contributed by atoms with Crippen molar-refractivity contribution in [2.45, 2.75) is 31.4 Å². The van der Waals surface area contributed by atoms with Gasteiger partial charge in [-0.05, 0) is 12.5 Å². The van der Waals surface area contributed by atoms with Gasteiger partial charge in [-0.2, -0.15) is 5.10 Å². The number of aromatic amines is 1. The average Bonchev–Trinajstić information content (AvgIpc) is 2.86. The molecule has 112 valence electrons. The maximum Gasteiger partial charge on any atom is 0.0818 e. The highest BCUT2D eigenvalue weighted by Gasteiger charge is 2.36. The van der Waals surface area contributed by atoms with Crippen LogP contribution in [0.4, 0.5) is 0 Å². The molecule has 0 aliphatic carbocycles. The van der Waals surface area contributed by atoms with Gasteiger partial charge in [0.1, 0.15) is 0 Å². The molecule has 0 aromatic carbocycles. The highest BCUT2D eigenvalue weighted by atomic mass is 16.5. The van der Waals surface area contributed by atoms with Gasteiger partial charge in [-0.25, -0.2) is 0 Å². The Morgan fingerprint density at radius 2 is 2.20 bits per heavy atom. The van der Waals surface area contributed by atoms with Gasteiger partial charge in [-0.1, -0.05) is 0 Å². The van der Waals surface area contributed by atoms with Crippen molar-refractivity contribution in [2.75, 3.05) is 39.5 Å². The van der Waals surface area contributed by atoms with Crippen LogP contribution in [0.1, 0.15) is 30.1 Å². The summed E-state index contributed by atoms with van der Waals surface area (Å²) in [5.41, 5.74) is 1.60. The molecule has 0 bridgehead atoms. The van der Waals surface area contributed by atoms with Crippen LogP contribution in [0.15, 0.2) is 6.20 Å². The van der Waals surface area contributed by atoms with Crippen molar-refractivity contribution >= 4 is 0 Å². The second-order valence-electron chi connectivity index (χ2n) is 5.86. The van der Waals surface area contributed by atoms with Crippen molar-refractivity contribution < 1.29 is 14.6 Å². The first-order chi connectivity index (χ1) is 9.68. The number of ether oxygens (including phenoxy) is 2. The van der Waals surface area contributed by atoms with Crippen molar-refractivity contribution in [3.05, 3.63) is 17.5 Å². The number of rotatable bonds is 3. The smallest absolute Gasteiger partial charge is 0.0818 e. The lowest BCUT2D eigenvalue weighted by molar-refractivity contribution is -0.104. The first kappa shape index (κ1) is 14.0. The van der Waals surface area contributed by atoms with E-state index in [0.717, 1.165) is 24.4 Å². The predicted octanol–water partition coefficient (Wildman–Crippen LogP) is 0.633. The third-order valence-electron chi connectivity index (χ3n) is 4.36. The molecule has 2 fully saturated rings. The summed E-state index contributed by atoms with van der Waals surface area (Å²) in [6, 6.07) is 0.151. The lowest BCUT2D eigenvalue weighted by Crippen LogP contribution is -2.51. The van der Waals surface area contributed by atoms with E-state index in [9.17, 15) is 5.11 Å². The first-order valence-electron chi connectivity index (χ1n) is 7.30. The number of aromatic nitrogens is 2. The Bertz CT molecular complexity index is 443. The number of morpholine rings is 1. The molecule has 1 atom stereocenters. The summed E-state index contributed by atoms with van der Waals surface area (Å²) in [6.07, 6.45) is 3.25. The molecule has 6 heteroatoms. The number of nitrogens with zero attached hydrogens (tertiary/aromatic N) is 2. The fourth-order valence-electron chi connectivity index (χ4n) is 3.07. The van der Waals surface area contributed by atoms with E-state index in [-0.39, 0.29) is 6.04 Å². The van der Waals surface area contributed by atoms with Gasteiger partial charge in [0.25, 0.3) is 0 Å². The van der Waals surface area contributed by atoms with Crippen molar-refractivity contribution in [2.24, 2.45) is 0 Å². The van der Waals surface area contributed by atoms with Gasteiger partial charge >= 0.3 is 0 Å². The minimum absolute atomic E-state index is 0.151. The molecule has 2 saturated heterocycles. The van der Waals surface area contributed by atoms with Gasteiger partial charge in [0.05, 0.1) is 36.7 Å². The molecule has 0 unspecified atom stereocenters. The largest absolute Gasteiger partial charge is 0.388 e. The van der Waals surface area contributed by atoms with Crippen molar-refractivity contribution in [1.82, 2.24) is 15.1 Å². The maximum absolute atomic E-state index is 10.7. The number of β-amino-alcohol motifs (C(OH)–C–C–N with tert-alkyl or cyclic N) is 1. The maximum atomic E-state index is 10.7. The van der Waals surface area contributed by atoms with Gasteiger partial charge in [0.15, 0.2) is 0 Å². The SMILES string of the molecule is Cc1cn[nH]c1[C@@H]1COCCN1CC1(O)CCOCC1. The Labute approximate surface area is 119 Å². The zero-order valence-electron chi connectivity index (χ0n) is 12.0. The van der Waals surface area contributed by atoms with Crippen LogP contribution in [-0.4, -0.2) is 65.3 Å². The Morgan fingerprint density at radius 3 is 2.90 bits per heavy atom. The van der Waals surface area contributed by atoms with Crippen LogP contribution < -0.4 is 0 Å². The number of aryl methyl sites for hydroxylation is 1. The second kappa shape index (κ2) is 5.81. The highest BCUT2D eigenvalue weighted by Crippen LogP contribution is 2.29. The van der Waals surface area contributed by atoms with Crippen LogP contribution in [0.25, 0.3) is 0 Å². The van der Waals surface area contributed by atoms with Crippen LogP contribution in [0.5, 0.6) is 0 Å². The monoisotopic (exact) mass is 281 g/mol. The Balaban J connectivity index is 1.74. The van der Waals surface area contributed by atoms with E-state index in [1.807, 2.05) is 6.20 Å². The predicted molar refractivity (Wildman–Crippen MR) is 73.5 cm³/mol. The fourth-order valence-corrected chi connectivity index (χ4v) is 3.07. The molecule has 2 aliphatic rings. The molecule has 0 saturated carbocycles. The van der Waals surface area contributed by atoms with Crippen molar-refractivity contribution in [3.63, 3.8) is 0 Å². The van der Waals surface area contributed by atoms with Crippen LogP contribution in [0.2, 0.25) is 0 Å². The van der Waals surface area contributed by atoms with E-state index in [1.54, 1.807) is 0 Å². The topological polar surface area (TPSA) is 70.6 Å². The Kier molecular flexibility index (Phi) is 4.07. The van der Waals surface area contributed by atoms with Gasteiger partial charge in [-0.15, -0.1) is 0 Å². The summed E-state index contributed by atoms with van der Waals surface area (Å²) >= 11 is 0. The molecule has 0 radical (unpaired) electrons. The van der Waals surface area contributed by atoms with Crippen LogP contribution in [-0.2, 0) is 9.47 Å². The lowest BCUT2D eigenvalue weighted by atomic mass is 9.92. The summed E-state index contributed by atoms with van der Waals surface area (Å²) in [5.74, 6) is 0. The third kappa shape index (κ3) is 2.88. The standard InChI is InChI=1S/C14H23N3O3/c1-11-8-15-16-13(11)12-9-20-7-4-17(12)10-14(18)2-5-19-6-3-14/h8,12,18H,2-7,9-10H2,1H3,(H,15,16)/t12-/m0/s1. The van der Waals surface area contributed by atoms with E-state index < -0.39 is 5.60 Å². The van der Waals surface area contributed by atoms with Crippen LogP contribution in [0.3, 0.4) is 0 Å². The van der Waals surface area contributed by atoms with Gasteiger partial charge in [-0.3, -0.25) is 10.00 Å². The molecule has 0 spiro atoms. The summed E-state index contributed by atoms with van der Waals surface area (Å²) in [5, 5.41) is 17.9. The van der Waals surface area contributed by atoms with Crippen molar-refractivity contribution in [1.29, 1.82) is 0 Å². The van der Waals surface area contributed by atoms with Gasteiger partial charge < -0.3 is 14.6 Å². The molecular formula is C14H23N3O3. The first-order valence-corrected chi connectivity index (χ1v) is 7.30. The zero-order valence-corrected chi connectivity index (χ0v) is 12.0. The number of hydrogen-bond donors (Lipinski definition) is 2.